The lowest BCUT2D eigenvalue weighted by Crippen LogP contribution is -2.63. The van der Waals surface area contributed by atoms with Crippen LogP contribution in [0.5, 0.6) is 0 Å². The third kappa shape index (κ3) is 17.4. The monoisotopic (exact) mass is 1630 g/mol. The van der Waals surface area contributed by atoms with Crippen LogP contribution in [0.4, 0.5) is 0 Å². The third-order valence-corrected chi connectivity index (χ3v) is 39.4. The summed E-state index contributed by atoms with van der Waals surface area (Å²) in [6, 6.07) is 0. The molecule has 0 spiro atoms. The molecular weight excluding hydrogens is 1450 g/mol. The summed E-state index contributed by atoms with van der Waals surface area (Å²) in [4.78, 5) is 74.8. The van der Waals surface area contributed by atoms with Gasteiger partial charge >= 0.3 is 35.8 Å². The first-order chi connectivity index (χ1) is 55.1. The Morgan fingerprint density at radius 1 is 0.256 bits per heavy atom. The molecule has 0 aromatic heterocycles. The maximum absolute atomic E-state index is 12.8. The Labute approximate surface area is 713 Å². The van der Waals surface area contributed by atoms with Crippen LogP contribution in [0.3, 0.4) is 0 Å². The van der Waals surface area contributed by atoms with Crippen LogP contribution < -0.4 is 0 Å². The third-order valence-electron chi connectivity index (χ3n) is 39.4. The fourth-order valence-electron chi connectivity index (χ4n) is 31.2. The lowest BCUT2D eigenvalue weighted by molar-refractivity contribution is -0.231. The molecule has 3 atom stereocenters. The summed E-state index contributed by atoms with van der Waals surface area (Å²) < 4.78 is 37.3. The van der Waals surface area contributed by atoms with E-state index >= 15 is 0 Å². The van der Waals surface area contributed by atoms with Crippen molar-refractivity contribution < 1.29 is 57.2 Å². The van der Waals surface area contributed by atoms with Crippen molar-refractivity contribution in [2.24, 2.45) is 188 Å². The minimum absolute atomic E-state index is 0.0185. The molecule has 24 bridgehead atoms. The van der Waals surface area contributed by atoms with E-state index in [1.807, 2.05) is 62.3 Å². The molecule has 0 saturated heterocycles. The van der Waals surface area contributed by atoms with E-state index in [-0.39, 0.29) is 103 Å². The van der Waals surface area contributed by atoms with Gasteiger partial charge in [0.1, 0.15) is 33.6 Å². The maximum atomic E-state index is 12.8. The Hall–Kier alpha value is -3.18. The molecule has 24 fully saturated rings. The number of hydrogen-bond donors (Lipinski definition) is 0. The zero-order valence-electron chi connectivity index (χ0n) is 79.0. The summed E-state index contributed by atoms with van der Waals surface area (Å²) in [7, 11) is 0. The van der Waals surface area contributed by atoms with Crippen molar-refractivity contribution in [3.8, 4) is 0 Å². The molecule has 0 heterocycles. The molecule has 0 amide bonds. The first-order valence-electron chi connectivity index (χ1n) is 50.5. The highest BCUT2D eigenvalue weighted by Crippen LogP contribution is 2.68. The highest BCUT2D eigenvalue weighted by molar-refractivity contribution is 5.78. The number of esters is 6. The summed E-state index contributed by atoms with van der Waals surface area (Å²) in [6.45, 7) is 48.5. The van der Waals surface area contributed by atoms with Crippen molar-refractivity contribution in [2.75, 3.05) is 0 Å². The Bertz CT molecular complexity index is 3270. The predicted molar refractivity (Wildman–Crippen MR) is 467 cm³/mol. The normalized spacial score (nSPS) is 44.1. The molecule has 117 heavy (non-hydrogen) atoms. The van der Waals surface area contributed by atoms with Gasteiger partial charge in [0, 0.05) is 0 Å². The topological polar surface area (TPSA) is 158 Å². The van der Waals surface area contributed by atoms with E-state index in [0.717, 1.165) is 122 Å². The zero-order chi connectivity index (χ0) is 84.8. The van der Waals surface area contributed by atoms with E-state index in [2.05, 4.69) is 96.9 Å². The molecule has 0 N–H and O–H groups in total. The van der Waals surface area contributed by atoms with Gasteiger partial charge in [-0.25, -0.2) is 0 Å². The minimum Gasteiger partial charge on any atom is -0.459 e. The second-order valence-electron chi connectivity index (χ2n) is 47.9. The second kappa shape index (κ2) is 35.3. The molecule has 0 radical (unpaired) electrons. The predicted octanol–water partition coefficient (Wildman–Crippen LogP) is 26.0. The lowest BCUT2D eigenvalue weighted by atomic mass is 9.47. The van der Waals surface area contributed by atoms with Gasteiger partial charge in [-0.05, 0) is 453 Å². The molecule has 24 rings (SSSR count). The number of carbonyl (C=O) groups is 6. The molecule has 24 aliphatic rings. The standard InChI is InChI=1S/C19H32O2.2C18H30O2.2C17H28O2.C16H26O2/c1-6-18(4,5)17(20)21-19(12(2)3)15-8-13-7-14(10-15)11-16(19)9-13;1-5-12(4)17(19)20-18(11(2)3)15-7-13-6-14(9-15)10-16(18)8-13;1-5-17(3,4)16(19)20-18(6-2)14-8-12-7-13(10-14)11-15(18)9-12;1-5-16(2,3)15(18)19-17(4)13-7-11-6-12(9-13)10-14(17)8-11;1-4-11(3)16(18)19-17(5-2)14-7-12-6-13(9-14)10-15(17)8-12;1-4-10(2)15(17)18-16(3)13-6-11-5-12(8-13)9-14(16)7-11/h12-16H,6-11H2,1-5H3;11-16H,5-10H2,1-4H3;12-15H,5-11H2,1-4H3;11-14H,5-10H2,1-4H3;11-15H,4-10H2,1-3H3;10-14H,4-9H2,1-3H3. The first kappa shape index (κ1) is 91.5. The summed E-state index contributed by atoms with van der Waals surface area (Å²) in [5, 5.41) is 0. The fraction of sp³-hybridized carbons (Fsp3) is 0.943. The summed E-state index contributed by atoms with van der Waals surface area (Å²) in [5.41, 5.74) is -1.88. The van der Waals surface area contributed by atoms with Gasteiger partial charge in [0.25, 0.3) is 0 Å². The van der Waals surface area contributed by atoms with E-state index < -0.39 is 0 Å². The van der Waals surface area contributed by atoms with Crippen LogP contribution >= 0.6 is 0 Å². The summed E-state index contributed by atoms with van der Waals surface area (Å²) >= 11 is 0. The minimum atomic E-state index is -0.351. The molecule has 666 valence electrons. The van der Waals surface area contributed by atoms with Crippen molar-refractivity contribution in [2.45, 2.75) is 437 Å². The molecule has 0 aliphatic heterocycles. The summed E-state index contributed by atoms with van der Waals surface area (Å²) in [5.74, 6) is 20.0. The van der Waals surface area contributed by atoms with Crippen LogP contribution in [0.15, 0.2) is 0 Å². The zero-order valence-corrected chi connectivity index (χ0v) is 79.0. The Balaban J connectivity index is 0.000000122. The molecular formula is C105H174O12. The van der Waals surface area contributed by atoms with Gasteiger partial charge in [-0.2, -0.15) is 0 Å². The Morgan fingerprint density at radius 2 is 0.453 bits per heavy atom. The van der Waals surface area contributed by atoms with E-state index in [1.165, 1.54) is 193 Å². The molecule has 3 unspecified atom stereocenters. The van der Waals surface area contributed by atoms with Crippen molar-refractivity contribution in [3.63, 3.8) is 0 Å². The van der Waals surface area contributed by atoms with E-state index in [4.69, 9.17) is 28.4 Å². The van der Waals surface area contributed by atoms with Gasteiger partial charge < -0.3 is 28.4 Å². The average molecular weight is 1630 g/mol. The lowest BCUT2D eigenvalue weighted by Gasteiger charge is -2.62. The first-order valence-corrected chi connectivity index (χ1v) is 50.5. The van der Waals surface area contributed by atoms with Crippen LogP contribution in [-0.4, -0.2) is 69.4 Å². The Morgan fingerprint density at radius 3 is 0.692 bits per heavy atom. The van der Waals surface area contributed by atoms with Crippen LogP contribution in [0, 0.1) is 188 Å². The maximum Gasteiger partial charge on any atom is 0.312 e. The molecule has 12 nitrogen and oxygen atoms in total. The van der Waals surface area contributed by atoms with Gasteiger partial charge in [-0.1, -0.05) is 104 Å². The quantitative estimate of drug-likeness (QED) is 0.0747. The molecule has 24 aliphatic carbocycles. The van der Waals surface area contributed by atoms with Gasteiger partial charge in [0.05, 0.1) is 34.0 Å². The smallest absolute Gasteiger partial charge is 0.312 e. The highest BCUT2D eigenvalue weighted by Gasteiger charge is 2.66. The van der Waals surface area contributed by atoms with Gasteiger partial charge in [0.2, 0.25) is 0 Å². The van der Waals surface area contributed by atoms with E-state index in [0.29, 0.717) is 82.9 Å². The molecule has 0 aromatic carbocycles. The number of ether oxygens (including phenoxy) is 6. The van der Waals surface area contributed by atoms with Crippen molar-refractivity contribution >= 4 is 35.8 Å². The van der Waals surface area contributed by atoms with E-state index in [9.17, 15) is 28.8 Å². The number of rotatable bonds is 22. The molecule has 12 heteroatoms. The number of carbonyl (C=O) groups excluding carboxylic acids is 6. The van der Waals surface area contributed by atoms with Gasteiger partial charge in [-0.15, -0.1) is 0 Å². The number of hydrogen-bond acceptors (Lipinski definition) is 12. The second-order valence-corrected chi connectivity index (χ2v) is 47.9. The van der Waals surface area contributed by atoms with Crippen LogP contribution in [0.25, 0.3) is 0 Å². The van der Waals surface area contributed by atoms with E-state index in [1.54, 1.807) is 0 Å². The van der Waals surface area contributed by atoms with Crippen LogP contribution in [0.2, 0.25) is 0 Å². The van der Waals surface area contributed by atoms with Crippen LogP contribution in [-0.2, 0) is 57.2 Å². The largest absolute Gasteiger partial charge is 0.459 e. The SMILES string of the molecule is CCC(C)(C)C(=O)OC1(C(C)C)C2CC3CC(C2)CC1C3.CCC(C)(C)C(=O)OC1(C)C2CC3CC(C2)CC1C3.CCC(C)(C)C(=O)OC1(CC)C2CC3CC(C2)CC1C3.CCC(C)C(=O)OC1(C(C)C)C2CC3CC(C2)CC1C3.CCC(C)C(=O)OC1(C)C2CC3CC(C2)CC1C3.CCC(C)C(=O)OC1(CC)C2CC3CC(C2)CC1C3. The molecule has 0 aromatic rings. The average Bonchev–Trinajstić information content (AvgIpc) is 0.556. The van der Waals surface area contributed by atoms with Crippen LogP contribution in [0.1, 0.15) is 403 Å². The molecule has 24 saturated carbocycles. The van der Waals surface area contributed by atoms with Gasteiger partial charge in [-0.3, -0.25) is 28.8 Å². The fourth-order valence-corrected chi connectivity index (χ4v) is 31.2. The van der Waals surface area contributed by atoms with Crippen molar-refractivity contribution in [1.82, 2.24) is 0 Å². The van der Waals surface area contributed by atoms with Crippen molar-refractivity contribution in [1.29, 1.82) is 0 Å². The summed E-state index contributed by atoms with van der Waals surface area (Å²) in [6.07, 6.45) is 47.2. The van der Waals surface area contributed by atoms with Gasteiger partial charge in [0.15, 0.2) is 0 Å². The van der Waals surface area contributed by atoms with Crippen molar-refractivity contribution in [3.05, 3.63) is 0 Å². The highest BCUT2D eigenvalue weighted by atomic mass is 16.6. The Kier molecular flexibility index (Phi) is 27.6.